The Morgan fingerprint density at radius 3 is 2.61 bits per heavy atom. The van der Waals surface area contributed by atoms with Crippen molar-refractivity contribution in [3.63, 3.8) is 0 Å². The number of esters is 1. The van der Waals surface area contributed by atoms with E-state index in [-0.39, 0.29) is 5.97 Å². The van der Waals surface area contributed by atoms with E-state index in [0.717, 1.165) is 0 Å². The van der Waals surface area contributed by atoms with Crippen molar-refractivity contribution in [1.29, 1.82) is 0 Å². The quantitative estimate of drug-likeness (QED) is 0.797. The molecule has 1 heterocycles. The van der Waals surface area contributed by atoms with E-state index in [1.54, 1.807) is 19.2 Å². The third-order valence-corrected chi connectivity index (χ3v) is 3.22. The summed E-state index contributed by atoms with van der Waals surface area (Å²) in [6, 6.07) is 3.53. The van der Waals surface area contributed by atoms with Crippen molar-refractivity contribution in [2.75, 3.05) is 20.8 Å². The first-order valence-electron chi connectivity index (χ1n) is 5.41. The van der Waals surface area contributed by atoms with Gasteiger partial charge in [0.15, 0.2) is 17.6 Å². The monoisotopic (exact) mass is 316 g/mol. The van der Waals surface area contributed by atoms with Gasteiger partial charge >= 0.3 is 5.97 Å². The minimum absolute atomic E-state index is 0.355. The molecular formula is C12H13BrO5. The molecule has 1 fully saturated rings. The number of rotatable bonds is 4. The lowest BCUT2D eigenvalue weighted by atomic mass is 10.2. The van der Waals surface area contributed by atoms with Crippen LogP contribution in [0.1, 0.15) is 6.42 Å². The maximum Gasteiger partial charge on any atom is 0.347 e. The number of hydrogen-bond acceptors (Lipinski definition) is 5. The third kappa shape index (κ3) is 2.38. The van der Waals surface area contributed by atoms with Crippen molar-refractivity contribution in [2.24, 2.45) is 0 Å². The summed E-state index contributed by atoms with van der Waals surface area (Å²) >= 11 is 3.37. The average molecular weight is 317 g/mol. The molecule has 0 saturated carbocycles. The van der Waals surface area contributed by atoms with Crippen LogP contribution in [0.3, 0.4) is 0 Å². The Balaban J connectivity index is 2.33. The highest BCUT2D eigenvalue weighted by Gasteiger charge is 2.30. The Labute approximate surface area is 113 Å². The molecule has 5 nitrogen and oxygen atoms in total. The molecule has 1 unspecified atom stereocenters. The van der Waals surface area contributed by atoms with Crippen LogP contribution < -0.4 is 14.2 Å². The second kappa shape index (κ2) is 5.48. The maximum absolute atomic E-state index is 11.4. The first kappa shape index (κ1) is 13.0. The smallest absolute Gasteiger partial charge is 0.347 e. The highest BCUT2D eigenvalue weighted by molar-refractivity contribution is 9.10. The van der Waals surface area contributed by atoms with Gasteiger partial charge in [-0.1, -0.05) is 0 Å². The van der Waals surface area contributed by atoms with Gasteiger partial charge in [0.05, 0.1) is 25.3 Å². The maximum atomic E-state index is 11.4. The molecule has 1 atom stereocenters. The summed E-state index contributed by atoms with van der Waals surface area (Å²) in [6.45, 7) is 0.382. The van der Waals surface area contributed by atoms with E-state index in [1.165, 1.54) is 7.11 Å². The fourth-order valence-electron chi connectivity index (χ4n) is 1.71. The number of hydrogen-bond donors (Lipinski definition) is 0. The Morgan fingerprint density at radius 1 is 1.28 bits per heavy atom. The Hall–Kier alpha value is -1.43. The second-order valence-electron chi connectivity index (χ2n) is 3.67. The van der Waals surface area contributed by atoms with Gasteiger partial charge in [-0.05, 0) is 28.1 Å². The Morgan fingerprint density at radius 2 is 2.06 bits per heavy atom. The van der Waals surface area contributed by atoms with E-state index < -0.39 is 6.10 Å². The first-order chi connectivity index (χ1) is 8.67. The van der Waals surface area contributed by atoms with Gasteiger partial charge < -0.3 is 18.9 Å². The third-order valence-electron chi connectivity index (χ3n) is 2.60. The zero-order valence-electron chi connectivity index (χ0n) is 10.1. The number of halogens is 1. The van der Waals surface area contributed by atoms with Crippen LogP contribution in [0.25, 0.3) is 0 Å². The fourth-order valence-corrected chi connectivity index (χ4v) is 2.12. The average Bonchev–Trinajstić information content (AvgIpc) is 2.77. The lowest BCUT2D eigenvalue weighted by Crippen LogP contribution is -2.22. The lowest BCUT2D eigenvalue weighted by Gasteiger charge is -2.17. The highest BCUT2D eigenvalue weighted by Crippen LogP contribution is 2.43. The molecule has 0 aromatic heterocycles. The van der Waals surface area contributed by atoms with Crippen LogP contribution in [0.4, 0.5) is 0 Å². The fraction of sp³-hybridized carbons (Fsp3) is 0.417. The van der Waals surface area contributed by atoms with Crippen LogP contribution >= 0.6 is 15.9 Å². The summed E-state index contributed by atoms with van der Waals surface area (Å²) in [5, 5.41) is 0. The number of carbonyl (C=O) groups excluding carboxylic acids is 1. The van der Waals surface area contributed by atoms with Crippen molar-refractivity contribution in [1.82, 2.24) is 0 Å². The minimum atomic E-state index is -0.595. The topological polar surface area (TPSA) is 54.0 Å². The van der Waals surface area contributed by atoms with Crippen molar-refractivity contribution in [2.45, 2.75) is 12.5 Å². The summed E-state index contributed by atoms with van der Waals surface area (Å²) in [5.74, 6) is 1.08. The van der Waals surface area contributed by atoms with Crippen LogP contribution in [0.15, 0.2) is 16.6 Å². The molecule has 0 N–H and O–H groups in total. The largest absolute Gasteiger partial charge is 0.493 e. The number of cyclic esters (lactones) is 1. The number of methoxy groups -OCH3 is 2. The van der Waals surface area contributed by atoms with Gasteiger partial charge in [-0.15, -0.1) is 0 Å². The normalized spacial score (nSPS) is 18.4. The van der Waals surface area contributed by atoms with E-state index in [0.29, 0.717) is 34.7 Å². The molecular weight excluding hydrogens is 304 g/mol. The van der Waals surface area contributed by atoms with Crippen LogP contribution in [0.2, 0.25) is 0 Å². The van der Waals surface area contributed by atoms with Crippen molar-refractivity contribution in [3.05, 3.63) is 16.6 Å². The second-order valence-corrected chi connectivity index (χ2v) is 4.53. The molecule has 2 rings (SSSR count). The van der Waals surface area contributed by atoms with E-state index in [1.807, 2.05) is 0 Å². The molecule has 0 amide bonds. The van der Waals surface area contributed by atoms with Crippen LogP contribution in [-0.2, 0) is 9.53 Å². The molecule has 1 aromatic carbocycles. The number of ether oxygens (including phenoxy) is 4. The van der Waals surface area contributed by atoms with Gasteiger partial charge in [0.1, 0.15) is 0 Å². The summed E-state index contributed by atoms with van der Waals surface area (Å²) < 4.78 is 21.6. The van der Waals surface area contributed by atoms with Crippen LogP contribution in [0, 0.1) is 0 Å². The van der Waals surface area contributed by atoms with Gasteiger partial charge in [0.25, 0.3) is 0 Å². The van der Waals surface area contributed by atoms with Gasteiger partial charge in [0.2, 0.25) is 5.75 Å². The predicted octanol–water partition coefficient (Wildman–Crippen LogP) is 2.16. The standard InChI is InChI=1S/C12H13BrO5/c1-15-8-4-3-7(13)10(11(8)16-2)18-9-5-6-17-12(9)14/h3-4,9H,5-6H2,1-2H3. The molecule has 6 heteroatoms. The van der Waals surface area contributed by atoms with Crippen LogP contribution in [-0.4, -0.2) is 32.9 Å². The number of carbonyl (C=O) groups is 1. The molecule has 1 aliphatic heterocycles. The molecule has 0 aliphatic carbocycles. The summed E-state index contributed by atoms with van der Waals surface area (Å²) in [4.78, 5) is 11.4. The first-order valence-corrected chi connectivity index (χ1v) is 6.20. The van der Waals surface area contributed by atoms with E-state index in [4.69, 9.17) is 18.9 Å². The molecule has 1 aromatic rings. The van der Waals surface area contributed by atoms with Gasteiger partial charge in [-0.2, -0.15) is 0 Å². The van der Waals surface area contributed by atoms with E-state index in [9.17, 15) is 4.79 Å². The van der Waals surface area contributed by atoms with Crippen molar-refractivity contribution in [3.8, 4) is 17.2 Å². The van der Waals surface area contributed by atoms with Gasteiger partial charge in [-0.25, -0.2) is 4.79 Å². The molecule has 98 valence electrons. The van der Waals surface area contributed by atoms with Gasteiger partial charge in [-0.3, -0.25) is 0 Å². The van der Waals surface area contributed by atoms with Crippen LogP contribution in [0.5, 0.6) is 17.2 Å². The molecule has 1 aliphatic rings. The molecule has 0 bridgehead atoms. The van der Waals surface area contributed by atoms with Crippen molar-refractivity contribution >= 4 is 21.9 Å². The Kier molecular flexibility index (Phi) is 3.96. The lowest BCUT2D eigenvalue weighted by molar-refractivity contribution is -0.143. The summed E-state index contributed by atoms with van der Waals surface area (Å²) in [7, 11) is 3.06. The molecule has 1 saturated heterocycles. The van der Waals surface area contributed by atoms with Gasteiger partial charge in [0, 0.05) is 6.42 Å². The zero-order chi connectivity index (χ0) is 13.1. The molecule has 18 heavy (non-hydrogen) atoms. The summed E-state index contributed by atoms with van der Waals surface area (Å²) in [5.41, 5.74) is 0. The Bertz CT molecular complexity index is 460. The van der Waals surface area contributed by atoms with E-state index >= 15 is 0 Å². The zero-order valence-corrected chi connectivity index (χ0v) is 11.7. The minimum Gasteiger partial charge on any atom is -0.493 e. The molecule has 0 radical (unpaired) electrons. The number of benzene rings is 1. The molecule has 0 spiro atoms. The highest BCUT2D eigenvalue weighted by atomic mass is 79.9. The predicted molar refractivity (Wildman–Crippen MR) is 67.2 cm³/mol. The SMILES string of the molecule is COc1ccc(Br)c(OC2CCOC2=O)c1OC. The summed E-state index contributed by atoms with van der Waals surface area (Å²) in [6.07, 6.45) is -0.0617. The van der Waals surface area contributed by atoms with Crippen molar-refractivity contribution < 1.29 is 23.7 Å². The van der Waals surface area contributed by atoms with E-state index in [2.05, 4.69) is 15.9 Å².